The van der Waals surface area contributed by atoms with E-state index in [1.165, 1.54) is 35.2 Å². The van der Waals surface area contributed by atoms with Gasteiger partial charge in [-0.05, 0) is 36.8 Å². The van der Waals surface area contributed by atoms with Crippen LogP contribution in [0.15, 0.2) is 46.8 Å². The van der Waals surface area contributed by atoms with Crippen molar-refractivity contribution in [3.05, 3.63) is 63.9 Å². The van der Waals surface area contributed by atoms with Gasteiger partial charge in [-0.25, -0.2) is 4.39 Å². The number of nitrogens with zero attached hydrogens (tertiary/aromatic N) is 2. The highest BCUT2D eigenvalue weighted by Gasteiger charge is 2.18. The van der Waals surface area contributed by atoms with E-state index in [4.69, 9.17) is 27.9 Å². The zero-order valence-electron chi connectivity index (χ0n) is 14.5. The van der Waals surface area contributed by atoms with Crippen LogP contribution >= 0.6 is 46.3 Å². The Morgan fingerprint density at radius 3 is 2.82 bits per heavy atom. The highest BCUT2D eigenvalue weighted by molar-refractivity contribution is 8.00. The summed E-state index contributed by atoms with van der Waals surface area (Å²) in [5.41, 5.74) is 0.579. The second-order valence-electron chi connectivity index (χ2n) is 5.58. The summed E-state index contributed by atoms with van der Waals surface area (Å²) in [6.45, 7) is 1.59. The van der Waals surface area contributed by atoms with E-state index in [9.17, 15) is 9.18 Å². The first-order valence-corrected chi connectivity index (χ1v) is 10.6. The summed E-state index contributed by atoms with van der Waals surface area (Å²) >= 11 is 14.4. The molecule has 0 bridgehead atoms. The molecule has 0 saturated carbocycles. The number of rotatable bonds is 7. The van der Waals surface area contributed by atoms with Crippen LogP contribution in [0, 0.1) is 5.82 Å². The van der Waals surface area contributed by atoms with Crippen LogP contribution in [0.25, 0.3) is 0 Å². The van der Waals surface area contributed by atoms with Gasteiger partial charge in [0.15, 0.2) is 10.4 Å². The lowest BCUT2D eigenvalue weighted by atomic mass is 10.2. The number of thioether (sulfide) groups is 1. The topological polar surface area (TPSA) is 64.1 Å². The molecule has 0 radical (unpaired) electrons. The van der Waals surface area contributed by atoms with Crippen molar-refractivity contribution in [3.8, 4) is 5.75 Å². The van der Waals surface area contributed by atoms with Gasteiger partial charge >= 0.3 is 0 Å². The van der Waals surface area contributed by atoms with Crippen molar-refractivity contribution in [2.45, 2.75) is 23.1 Å². The second-order valence-corrected chi connectivity index (χ2v) is 8.62. The molecule has 0 aliphatic rings. The number of nitrogens with one attached hydrogen (secondary N) is 1. The van der Waals surface area contributed by atoms with Crippen LogP contribution in [0.1, 0.15) is 12.5 Å². The Morgan fingerprint density at radius 2 is 2.07 bits per heavy atom. The minimum Gasteiger partial charge on any atom is -0.479 e. The number of benzene rings is 2. The van der Waals surface area contributed by atoms with E-state index in [0.717, 1.165) is 0 Å². The van der Waals surface area contributed by atoms with E-state index in [2.05, 4.69) is 15.5 Å². The van der Waals surface area contributed by atoms with E-state index in [0.29, 0.717) is 36.6 Å². The predicted molar refractivity (Wildman–Crippen MR) is 111 cm³/mol. The average Bonchev–Trinajstić information content (AvgIpc) is 3.10. The van der Waals surface area contributed by atoms with Crippen molar-refractivity contribution in [3.63, 3.8) is 0 Å². The number of carbonyl (C=O) groups is 1. The average molecular weight is 458 g/mol. The molecule has 0 saturated heterocycles. The Bertz CT molecular complexity index is 987. The molecule has 1 amide bonds. The zero-order chi connectivity index (χ0) is 20.1. The van der Waals surface area contributed by atoms with Gasteiger partial charge in [-0.2, -0.15) is 0 Å². The summed E-state index contributed by atoms with van der Waals surface area (Å²) in [6.07, 6.45) is -0.808. The van der Waals surface area contributed by atoms with E-state index in [-0.39, 0.29) is 5.82 Å². The molecule has 0 aliphatic heterocycles. The van der Waals surface area contributed by atoms with Gasteiger partial charge in [-0.1, -0.05) is 64.5 Å². The largest absolute Gasteiger partial charge is 0.479 e. The van der Waals surface area contributed by atoms with Gasteiger partial charge in [-0.3, -0.25) is 10.1 Å². The third kappa shape index (κ3) is 5.57. The molecule has 5 nitrogen and oxygen atoms in total. The highest BCUT2D eigenvalue weighted by atomic mass is 35.5. The first kappa shape index (κ1) is 20.9. The number of anilines is 1. The normalized spacial score (nSPS) is 11.9. The fourth-order valence-corrected chi connectivity index (χ4v) is 4.29. The predicted octanol–water partition coefficient (Wildman–Crippen LogP) is 5.68. The smallest absolute Gasteiger partial charge is 0.266 e. The summed E-state index contributed by atoms with van der Waals surface area (Å²) in [4.78, 5) is 12.3. The highest BCUT2D eigenvalue weighted by Crippen LogP contribution is 2.30. The Balaban J connectivity index is 1.55. The van der Waals surface area contributed by atoms with Gasteiger partial charge in [0.25, 0.3) is 5.91 Å². The minimum atomic E-state index is -0.808. The van der Waals surface area contributed by atoms with Crippen molar-refractivity contribution in [2.24, 2.45) is 0 Å². The van der Waals surface area contributed by atoms with Crippen LogP contribution in [-0.4, -0.2) is 22.2 Å². The van der Waals surface area contributed by atoms with Crippen LogP contribution in [0.5, 0.6) is 5.75 Å². The SMILES string of the molecule is CC(Oc1ccc(Cl)cc1Cl)C(=O)Nc1nnc(SCc2ccccc2F)s1. The number of ether oxygens (including phenoxy) is 1. The first-order chi connectivity index (χ1) is 13.4. The van der Waals surface area contributed by atoms with Crippen LogP contribution in [0.4, 0.5) is 9.52 Å². The molecule has 1 aromatic heterocycles. The fourth-order valence-electron chi connectivity index (χ4n) is 2.10. The van der Waals surface area contributed by atoms with E-state index < -0.39 is 12.0 Å². The molecular weight excluding hydrogens is 444 g/mol. The Kier molecular flexibility index (Phi) is 7.12. The van der Waals surface area contributed by atoms with Gasteiger partial charge < -0.3 is 4.74 Å². The fraction of sp³-hybridized carbons (Fsp3) is 0.167. The van der Waals surface area contributed by atoms with E-state index in [1.54, 1.807) is 37.3 Å². The van der Waals surface area contributed by atoms with E-state index >= 15 is 0 Å². The lowest BCUT2D eigenvalue weighted by molar-refractivity contribution is -0.122. The molecule has 2 aromatic carbocycles. The maximum atomic E-state index is 13.7. The van der Waals surface area contributed by atoms with Crippen molar-refractivity contribution in [1.82, 2.24) is 10.2 Å². The summed E-state index contributed by atoms with van der Waals surface area (Å²) in [7, 11) is 0. The molecule has 0 spiro atoms. The molecular formula is C18H14Cl2FN3O2S2. The molecule has 3 rings (SSSR count). The van der Waals surface area contributed by atoms with Crippen molar-refractivity contribution in [2.75, 3.05) is 5.32 Å². The zero-order valence-corrected chi connectivity index (χ0v) is 17.6. The van der Waals surface area contributed by atoms with E-state index in [1.807, 2.05) is 0 Å². The molecule has 0 fully saturated rings. The Hall–Kier alpha value is -1.87. The van der Waals surface area contributed by atoms with Crippen molar-refractivity contribution >= 4 is 57.3 Å². The molecule has 0 aliphatic carbocycles. The van der Waals surface area contributed by atoms with Crippen LogP contribution < -0.4 is 10.1 Å². The van der Waals surface area contributed by atoms with Crippen LogP contribution in [0.2, 0.25) is 10.0 Å². The molecule has 1 N–H and O–H groups in total. The van der Waals surface area contributed by atoms with Gasteiger partial charge in [0.1, 0.15) is 11.6 Å². The molecule has 28 heavy (non-hydrogen) atoms. The lowest BCUT2D eigenvalue weighted by Crippen LogP contribution is -2.30. The molecule has 1 unspecified atom stereocenters. The van der Waals surface area contributed by atoms with Gasteiger partial charge in [-0.15, -0.1) is 10.2 Å². The Morgan fingerprint density at radius 1 is 1.29 bits per heavy atom. The molecule has 1 heterocycles. The standard InChI is InChI=1S/C18H14Cl2FN3O2S2/c1-10(26-15-7-6-12(19)8-13(15)20)16(25)22-17-23-24-18(28-17)27-9-11-4-2-3-5-14(11)21/h2-8,10H,9H2,1H3,(H,22,23,25). The number of hydrogen-bond donors (Lipinski definition) is 1. The summed E-state index contributed by atoms with van der Waals surface area (Å²) in [5.74, 6) is 0.115. The van der Waals surface area contributed by atoms with Crippen LogP contribution in [-0.2, 0) is 10.5 Å². The van der Waals surface area contributed by atoms with Crippen molar-refractivity contribution in [1.29, 1.82) is 0 Å². The number of halogens is 3. The Labute approximate surface area is 179 Å². The van der Waals surface area contributed by atoms with Gasteiger partial charge in [0.2, 0.25) is 5.13 Å². The van der Waals surface area contributed by atoms with Crippen molar-refractivity contribution < 1.29 is 13.9 Å². The molecule has 1 atom stereocenters. The maximum absolute atomic E-state index is 13.7. The monoisotopic (exact) mass is 457 g/mol. The van der Waals surface area contributed by atoms with Gasteiger partial charge in [0, 0.05) is 10.8 Å². The number of carbonyl (C=O) groups excluding carboxylic acids is 1. The second kappa shape index (κ2) is 9.56. The molecule has 10 heteroatoms. The molecule has 146 valence electrons. The third-order valence-electron chi connectivity index (χ3n) is 3.51. The number of amides is 1. The lowest BCUT2D eigenvalue weighted by Gasteiger charge is -2.14. The maximum Gasteiger partial charge on any atom is 0.266 e. The minimum absolute atomic E-state index is 0.264. The quantitative estimate of drug-likeness (QED) is 0.365. The molecule has 3 aromatic rings. The summed E-state index contributed by atoms with van der Waals surface area (Å²) in [5, 5.41) is 11.7. The van der Waals surface area contributed by atoms with Crippen LogP contribution in [0.3, 0.4) is 0 Å². The summed E-state index contributed by atoms with van der Waals surface area (Å²) in [6, 6.07) is 11.3. The number of hydrogen-bond acceptors (Lipinski definition) is 6. The first-order valence-electron chi connectivity index (χ1n) is 8.04. The number of aromatic nitrogens is 2. The third-order valence-corrected chi connectivity index (χ3v) is 6.06. The summed E-state index contributed by atoms with van der Waals surface area (Å²) < 4.78 is 19.8. The van der Waals surface area contributed by atoms with Gasteiger partial charge in [0.05, 0.1) is 5.02 Å².